The number of morpholine rings is 1. The normalized spacial score (nSPS) is 19.3. The predicted octanol–water partition coefficient (Wildman–Crippen LogP) is 1.83. The molecule has 2 heterocycles. The lowest BCUT2D eigenvalue weighted by molar-refractivity contribution is 0.0209. The van der Waals surface area contributed by atoms with Crippen LogP contribution in [0.3, 0.4) is 0 Å². The van der Waals surface area contributed by atoms with Crippen LogP contribution < -0.4 is 10.6 Å². The number of rotatable bonds is 5. The molecule has 0 aliphatic carbocycles. The van der Waals surface area contributed by atoms with Crippen LogP contribution in [-0.4, -0.2) is 49.8 Å². The Morgan fingerprint density at radius 1 is 1.45 bits per heavy atom. The summed E-state index contributed by atoms with van der Waals surface area (Å²) in [6.07, 6.45) is 0. The number of amides is 2. The van der Waals surface area contributed by atoms with Gasteiger partial charge in [0.05, 0.1) is 19.3 Å². The van der Waals surface area contributed by atoms with Crippen LogP contribution in [0.1, 0.15) is 24.8 Å². The number of thiophene rings is 1. The number of urea groups is 1. The van der Waals surface area contributed by atoms with Crippen LogP contribution in [0.5, 0.6) is 0 Å². The molecule has 5 nitrogen and oxygen atoms in total. The quantitative estimate of drug-likeness (QED) is 0.872. The number of nitrogens with one attached hydrogen (secondary N) is 2. The molecule has 1 aliphatic rings. The molecule has 2 amide bonds. The standard InChI is InChI=1S/C14H23N3O2S/c1-11(17-5-7-19-8-6-17)10-15-14(18)16-12(2)13-4-3-9-20-13/h3-4,9,11-12H,5-8,10H2,1-2H3,(H2,15,16,18)/t11-,12+/m1/s1. The number of hydrogen-bond acceptors (Lipinski definition) is 4. The van der Waals surface area contributed by atoms with Gasteiger partial charge in [-0.15, -0.1) is 11.3 Å². The monoisotopic (exact) mass is 297 g/mol. The van der Waals surface area contributed by atoms with Crippen molar-refractivity contribution in [1.82, 2.24) is 15.5 Å². The van der Waals surface area contributed by atoms with E-state index < -0.39 is 0 Å². The highest BCUT2D eigenvalue weighted by Crippen LogP contribution is 2.17. The summed E-state index contributed by atoms with van der Waals surface area (Å²) in [5.41, 5.74) is 0. The molecule has 6 heteroatoms. The first-order valence-corrected chi connectivity index (χ1v) is 7.94. The van der Waals surface area contributed by atoms with Gasteiger partial charge in [-0.3, -0.25) is 4.90 Å². The minimum absolute atomic E-state index is 0.0497. The van der Waals surface area contributed by atoms with Gasteiger partial charge in [0.15, 0.2) is 0 Å². The van der Waals surface area contributed by atoms with Gasteiger partial charge >= 0.3 is 6.03 Å². The second kappa shape index (κ2) is 7.61. The van der Waals surface area contributed by atoms with Crippen LogP contribution in [0.15, 0.2) is 17.5 Å². The van der Waals surface area contributed by atoms with Gasteiger partial charge < -0.3 is 15.4 Å². The van der Waals surface area contributed by atoms with Crippen LogP contribution in [0.2, 0.25) is 0 Å². The summed E-state index contributed by atoms with van der Waals surface area (Å²) in [5.74, 6) is 0. The van der Waals surface area contributed by atoms with Crippen molar-refractivity contribution in [2.24, 2.45) is 0 Å². The summed E-state index contributed by atoms with van der Waals surface area (Å²) in [6, 6.07) is 4.31. The number of carbonyl (C=O) groups is 1. The smallest absolute Gasteiger partial charge is 0.315 e. The molecule has 1 aromatic heterocycles. The van der Waals surface area contributed by atoms with Crippen molar-refractivity contribution in [2.75, 3.05) is 32.8 Å². The maximum absolute atomic E-state index is 11.9. The zero-order chi connectivity index (χ0) is 14.4. The number of hydrogen-bond donors (Lipinski definition) is 2. The van der Waals surface area contributed by atoms with Gasteiger partial charge in [-0.05, 0) is 25.3 Å². The average molecular weight is 297 g/mol. The highest BCUT2D eigenvalue weighted by atomic mass is 32.1. The number of nitrogens with zero attached hydrogens (tertiary/aromatic N) is 1. The molecule has 2 atom stereocenters. The van der Waals surface area contributed by atoms with E-state index in [4.69, 9.17) is 4.74 Å². The van der Waals surface area contributed by atoms with Gasteiger partial charge in [-0.25, -0.2) is 4.79 Å². The zero-order valence-electron chi connectivity index (χ0n) is 12.1. The molecule has 1 fully saturated rings. The van der Waals surface area contributed by atoms with E-state index in [9.17, 15) is 4.79 Å². The van der Waals surface area contributed by atoms with E-state index in [-0.39, 0.29) is 12.1 Å². The van der Waals surface area contributed by atoms with Crippen LogP contribution in [0, 0.1) is 0 Å². The molecule has 0 aromatic carbocycles. The molecule has 1 aromatic rings. The molecule has 2 N–H and O–H groups in total. The second-order valence-electron chi connectivity index (χ2n) is 5.09. The molecule has 1 aliphatic heterocycles. The minimum Gasteiger partial charge on any atom is -0.379 e. The van der Waals surface area contributed by atoms with Crippen LogP contribution >= 0.6 is 11.3 Å². The summed E-state index contributed by atoms with van der Waals surface area (Å²) in [7, 11) is 0. The van der Waals surface area contributed by atoms with E-state index in [1.54, 1.807) is 11.3 Å². The highest BCUT2D eigenvalue weighted by molar-refractivity contribution is 7.10. The van der Waals surface area contributed by atoms with E-state index in [2.05, 4.69) is 22.5 Å². The Kier molecular flexibility index (Phi) is 5.82. The van der Waals surface area contributed by atoms with Gasteiger partial charge in [0, 0.05) is 30.6 Å². The van der Waals surface area contributed by atoms with Crippen molar-refractivity contribution >= 4 is 17.4 Å². The lowest BCUT2D eigenvalue weighted by Crippen LogP contribution is -2.49. The van der Waals surface area contributed by atoms with Gasteiger partial charge in [0.25, 0.3) is 0 Å². The average Bonchev–Trinajstić information content (AvgIpc) is 3.00. The molecular formula is C14H23N3O2S. The number of ether oxygens (including phenoxy) is 1. The number of carbonyl (C=O) groups excluding carboxylic acids is 1. The lowest BCUT2D eigenvalue weighted by atomic mass is 10.2. The Hall–Kier alpha value is -1.11. The Labute approximate surface area is 124 Å². The summed E-state index contributed by atoms with van der Waals surface area (Å²) in [5, 5.41) is 7.92. The largest absolute Gasteiger partial charge is 0.379 e. The Balaban J connectivity index is 1.69. The third-order valence-corrected chi connectivity index (χ3v) is 4.60. The minimum atomic E-state index is -0.106. The van der Waals surface area contributed by atoms with Gasteiger partial charge in [-0.1, -0.05) is 6.07 Å². The molecule has 0 spiro atoms. The van der Waals surface area contributed by atoms with Crippen LogP contribution in [0.25, 0.3) is 0 Å². The molecule has 0 saturated carbocycles. The van der Waals surface area contributed by atoms with Crippen LogP contribution in [-0.2, 0) is 4.74 Å². The highest BCUT2D eigenvalue weighted by Gasteiger charge is 2.18. The third kappa shape index (κ3) is 4.47. The van der Waals surface area contributed by atoms with E-state index >= 15 is 0 Å². The summed E-state index contributed by atoms with van der Waals surface area (Å²) >= 11 is 1.66. The maximum Gasteiger partial charge on any atom is 0.315 e. The first-order valence-electron chi connectivity index (χ1n) is 7.06. The van der Waals surface area contributed by atoms with Gasteiger partial charge in [-0.2, -0.15) is 0 Å². The molecule has 0 bridgehead atoms. The van der Waals surface area contributed by atoms with Crippen molar-refractivity contribution in [3.8, 4) is 0 Å². The third-order valence-electron chi connectivity index (χ3n) is 3.54. The fourth-order valence-corrected chi connectivity index (χ4v) is 2.98. The zero-order valence-corrected chi connectivity index (χ0v) is 12.9. The molecule has 2 rings (SSSR count). The Bertz CT molecular complexity index is 405. The van der Waals surface area contributed by atoms with E-state index in [1.807, 2.05) is 24.4 Å². The fourth-order valence-electron chi connectivity index (χ4n) is 2.24. The van der Waals surface area contributed by atoms with Crippen molar-refractivity contribution in [1.29, 1.82) is 0 Å². The fraction of sp³-hybridized carbons (Fsp3) is 0.643. The maximum atomic E-state index is 11.9. The summed E-state index contributed by atoms with van der Waals surface area (Å²) in [6.45, 7) is 8.23. The van der Waals surface area contributed by atoms with Crippen molar-refractivity contribution in [2.45, 2.75) is 25.9 Å². The van der Waals surface area contributed by atoms with Crippen molar-refractivity contribution in [3.63, 3.8) is 0 Å². The SMILES string of the molecule is C[C@H](NC(=O)NC[C@@H](C)N1CCOCC1)c1cccs1. The van der Waals surface area contributed by atoms with E-state index in [0.717, 1.165) is 26.3 Å². The molecule has 112 valence electrons. The van der Waals surface area contributed by atoms with Gasteiger partial charge in [0.1, 0.15) is 0 Å². The summed E-state index contributed by atoms with van der Waals surface area (Å²) < 4.78 is 5.33. The second-order valence-corrected chi connectivity index (χ2v) is 6.07. The topological polar surface area (TPSA) is 53.6 Å². The van der Waals surface area contributed by atoms with Crippen molar-refractivity contribution < 1.29 is 9.53 Å². The van der Waals surface area contributed by atoms with E-state index in [1.165, 1.54) is 4.88 Å². The Morgan fingerprint density at radius 3 is 2.85 bits per heavy atom. The summed E-state index contributed by atoms with van der Waals surface area (Å²) in [4.78, 5) is 15.4. The predicted molar refractivity (Wildman–Crippen MR) is 81.1 cm³/mol. The Morgan fingerprint density at radius 2 is 2.20 bits per heavy atom. The molecular weight excluding hydrogens is 274 g/mol. The van der Waals surface area contributed by atoms with Crippen molar-refractivity contribution in [3.05, 3.63) is 22.4 Å². The molecule has 0 radical (unpaired) electrons. The first kappa shape index (κ1) is 15.3. The van der Waals surface area contributed by atoms with E-state index in [0.29, 0.717) is 12.6 Å². The first-order chi connectivity index (χ1) is 9.66. The molecule has 1 saturated heterocycles. The molecule has 0 unspecified atom stereocenters. The molecule has 20 heavy (non-hydrogen) atoms. The lowest BCUT2D eigenvalue weighted by Gasteiger charge is -2.32. The van der Waals surface area contributed by atoms with Crippen LogP contribution in [0.4, 0.5) is 4.79 Å². The van der Waals surface area contributed by atoms with Gasteiger partial charge in [0.2, 0.25) is 0 Å².